The molecule has 1 aromatic rings. The zero-order chi connectivity index (χ0) is 13.0. The second-order valence-corrected chi connectivity index (χ2v) is 5.60. The first-order valence-corrected chi connectivity index (χ1v) is 6.94. The average molecular weight is 267 g/mol. The molecule has 2 rings (SSSR count). The molecule has 0 unspecified atom stereocenters. The molecule has 1 aromatic carbocycles. The predicted molar refractivity (Wildman–Crippen MR) is 72.1 cm³/mol. The van der Waals surface area contributed by atoms with E-state index in [0.29, 0.717) is 11.7 Å². The summed E-state index contributed by atoms with van der Waals surface area (Å²) in [7, 11) is 1.65. The summed E-state index contributed by atoms with van der Waals surface area (Å²) in [5.41, 5.74) is 1.24. The van der Waals surface area contributed by atoms with Gasteiger partial charge in [0.05, 0.1) is 7.11 Å². The SMILES string of the molecule is COc1ccc(CS[C@@H]2CN[C@H](C(=O)O)C2)cc1. The Kier molecular flexibility index (Phi) is 4.49. The van der Waals surface area contributed by atoms with Gasteiger partial charge in [0.1, 0.15) is 11.8 Å². The lowest BCUT2D eigenvalue weighted by atomic mass is 10.2. The molecule has 18 heavy (non-hydrogen) atoms. The Morgan fingerprint density at radius 3 is 2.78 bits per heavy atom. The molecule has 0 aromatic heterocycles. The summed E-state index contributed by atoms with van der Waals surface area (Å²) in [4.78, 5) is 10.8. The minimum atomic E-state index is -0.748. The van der Waals surface area contributed by atoms with Crippen LogP contribution in [-0.2, 0) is 10.5 Å². The average Bonchev–Trinajstić information content (AvgIpc) is 2.86. The highest BCUT2D eigenvalue weighted by Gasteiger charge is 2.29. The van der Waals surface area contributed by atoms with E-state index in [9.17, 15) is 4.79 Å². The monoisotopic (exact) mass is 267 g/mol. The van der Waals surface area contributed by atoms with Gasteiger partial charge in [0, 0.05) is 17.5 Å². The quantitative estimate of drug-likeness (QED) is 0.851. The van der Waals surface area contributed by atoms with Crippen molar-refractivity contribution in [2.24, 2.45) is 0 Å². The van der Waals surface area contributed by atoms with Crippen molar-refractivity contribution in [1.29, 1.82) is 0 Å². The molecule has 1 saturated heterocycles. The van der Waals surface area contributed by atoms with Gasteiger partial charge in [-0.05, 0) is 24.1 Å². The number of carboxylic acid groups (broad SMARTS) is 1. The van der Waals surface area contributed by atoms with Crippen molar-refractivity contribution >= 4 is 17.7 Å². The number of carboxylic acids is 1. The number of carbonyl (C=O) groups is 1. The van der Waals surface area contributed by atoms with Gasteiger partial charge in [-0.2, -0.15) is 11.8 Å². The molecule has 0 bridgehead atoms. The highest BCUT2D eigenvalue weighted by molar-refractivity contribution is 7.99. The molecule has 0 saturated carbocycles. The molecule has 0 spiro atoms. The van der Waals surface area contributed by atoms with E-state index in [0.717, 1.165) is 18.0 Å². The van der Waals surface area contributed by atoms with E-state index in [2.05, 4.69) is 5.32 Å². The van der Waals surface area contributed by atoms with Gasteiger partial charge in [0.25, 0.3) is 0 Å². The van der Waals surface area contributed by atoms with Crippen molar-refractivity contribution in [3.63, 3.8) is 0 Å². The molecule has 98 valence electrons. The van der Waals surface area contributed by atoms with Gasteiger partial charge >= 0.3 is 5.97 Å². The van der Waals surface area contributed by atoms with Gasteiger partial charge in [0.2, 0.25) is 0 Å². The minimum Gasteiger partial charge on any atom is -0.497 e. The van der Waals surface area contributed by atoms with Gasteiger partial charge in [-0.3, -0.25) is 4.79 Å². The predicted octanol–water partition coefficient (Wildman–Crippen LogP) is 1.74. The summed E-state index contributed by atoms with van der Waals surface area (Å²) in [6.07, 6.45) is 0.705. The highest BCUT2D eigenvalue weighted by atomic mass is 32.2. The van der Waals surface area contributed by atoms with Gasteiger partial charge < -0.3 is 15.2 Å². The minimum absolute atomic E-state index is 0.377. The van der Waals surface area contributed by atoms with Crippen molar-refractivity contribution < 1.29 is 14.6 Å². The summed E-state index contributed by atoms with van der Waals surface area (Å²) in [6.45, 7) is 0.776. The van der Waals surface area contributed by atoms with Gasteiger partial charge in [-0.15, -0.1) is 0 Å². The number of thioether (sulfide) groups is 1. The molecule has 1 fully saturated rings. The normalized spacial score (nSPS) is 22.9. The van der Waals surface area contributed by atoms with E-state index in [1.807, 2.05) is 24.3 Å². The Bertz CT molecular complexity index is 407. The zero-order valence-electron chi connectivity index (χ0n) is 10.3. The van der Waals surface area contributed by atoms with Crippen molar-refractivity contribution in [3.05, 3.63) is 29.8 Å². The van der Waals surface area contributed by atoms with Crippen molar-refractivity contribution in [3.8, 4) is 5.75 Å². The molecule has 0 amide bonds. The van der Waals surface area contributed by atoms with Gasteiger partial charge in [-0.1, -0.05) is 12.1 Å². The van der Waals surface area contributed by atoms with Gasteiger partial charge in [0.15, 0.2) is 0 Å². The van der Waals surface area contributed by atoms with E-state index in [1.165, 1.54) is 5.56 Å². The largest absolute Gasteiger partial charge is 0.497 e. The van der Waals surface area contributed by atoms with Crippen molar-refractivity contribution in [2.75, 3.05) is 13.7 Å². The van der Waals surface area contributed by atoms with E-state index in [-0.39, 0.29) is 6.04 Å². The maximum absolute atomic E-state index is 10.8. The number of benzene rings is 1. The van der Waals surface area contributed by atoms with Crippen LogP contribution in [0.15, 0.2) is 24.3 Å². The van der Waals surface area contributed by atoms with Crippen LogP contribution in [0, 0.1) is 0 Å². The molecule has 2 atom stereocenters. The molecular weight excluding hydrogens is 250 g/mol. The lowest BCUT2D eigenvalue weighted by Gasteiger charge is -2.08. The number of methoxy groups -OCH3 is 1. The van der Waals surface area contributed by atoms with Crippen LogP contribution in [0.2, 0.25) is 0 Å². The second kappa shape index (κ2) is 6.11. The Morgan fingerprint density at radius 1 is 1.50 bits per heavy atom. The maximum Gasteiger partial charge on any atom is 0.320 e. The first kappa shape index (κ1) is 13.2. The van der Waals surface area contributed by atoms with Gasteiger partial charge in [-0.25, -0.2) is 0 Å². The third-order valence-corrected chi connectivity index (χ3v) is 4.36. The Hall–Kier alpha value is -1.20. The van der Waals surface area contributed by atoms with E-state index in [1.54, 1.807) is 18.9 Å². The van der Waals surface area contributed by atoms with Crippen molar-refractivity contribution in [1.82, 2.24) is 5.32 Å². The molecule has 1 aliphatic rings. The van der Waals surface area contributed by atoms with E-state index < -0.39 is 5.97 Å². The number of ether oxygens (including phenoxy) is 1. The van der Waals surface area contributed by atoms with Crippen molar-refractivity contribution in [2.45, 2.75) is 23.5 Å². The highest BCUT2D eigenvalue weighted by Crippen LogP contribution is 2.25. The molecule has 1 aliphatic heterocycles. The third-order valence-electron chi connectivity index (χ3n) is 3.03. The Labute approximate surface area is 111 Å². The number of nitrogens with one attached hydrogen (secondary N) is 1. The van der Waals surface area contributed by atoms with Crippen LogP contribution in [0.25, 0.3) is 0 Å². The number of hydrogen-bond acceptors (Lipinski definition) is 4. The smallest absolute Gasteiger partial charge is 0.320 e. The van der Waals surface area contributed by atoms with Crippen LogP contribution in [-0.4, -0.2) is 36.0 Å². The first-order valence-electron chi connectivity index (χ1n) is 5.90. The van der Waals surface area contributed by atoms with Crippen LogP contribution in [0.5, 0.6) is 5.75 Å². The third kappa shape index (κ3) is 3.40. The van der Waals surface area contributed by atoms with Crippen LogP contribution in [0.1, 0.15) is 12.0 Å². The van der Waals surface area contributed by atoms with E-state index in [4.69, 9.17) is 9.84 Å². The fourth-order valence-corrected chi connectivity index (χ4v) is 3.12. The molecular formula is C13H17NO3S. The summed E-state index contributed by atoms with van der Waals surface area (Å²) < 4.78 is 5.11. The fourth-order valence-electron chi connectivity index (χ4n) is 1.95. The van der Waals surface area contributed by atoms with Crippen LogP contribution < -0.4 is 10.1 Å². The first-order chi connectivity index (χ1) is 8.69. The summed E-state index contributed by atoms with van der Waals surface area (Å²) in [5, 5.41) is 12.3. The lowest BCUT2D eigenvalue weighted by Crippen LogP contribution is -2.29. The van der Waals surface area contributed by atoms with Crippen LogP contribution in [0.4, 0.5) is 0 Å². The molecule has 2 N–H and O–H groups in total. The van der Waals surface area contributed by atoms with Crippen LogP contribution >= 0.6 is 11.8 Å². The molecule has 0 radical (unpaired) electrons. The number of hydrogen-bond donors (Lipinski definition) is 2. The fraction of sp³-hybridized carbons (Fsp3) is 0.462. The Balaban J connectivity index is 1.79. The summed E-state index contributed by atoms with van der Waals surface area (Å²) in [6, 6.07) is 7.61. The summed E-state index contributed by atoms with van der Waals surface area (Å²) >= 11 is 1.81. The molecule has 4 nitrogen and oxygen atoms in total. The maximum atomic E-state index is 10.8. The molecule has 0 aliphatic carbocycles. The molecule has 1 heterocycles. The Morgan fingerprint density at radius 2 is 2.22 bits per heavy atom. The summed E-state index contributed by atoms with van der Waals surface area (Å²) in [5.74, 6) is 1.02. The van der Waals surface area contributed by atoms with E-state index >= 15 is 0 Å². The lowest BCUT2D eigenvalue weighted by molar-refractivity contribution is -0.139. The molecule has 5 heteroatoms. The number of aliphatic carboxylic acids is 1. The number of rotatable bonds is 5. The zero-order valence-corrected chi connectivity index (χ0v) is 11.1. The van der Waals surface area contributed by atoms with Crippen LogP contribution in [0.3, 0.4) is 0 Å². The topological polar surface area (TPSA) is 58.6 Å². The standard InChI is InChI=1S/C13H17NO3S/c1-17-10-4-2-9(3-5-10)8-18-11-6-12(13(15)16)14-7-11/h2-5,11-12,14H,6-8H2,1H3,(H,15,16)/t11-,12-/m0/s1. The second-order valence-electron chi connectivity index (χ2n) is 4.32.